The number of alkyl halides is 3. The van der Waals surface area contributed by atoms with Crippen LogP contribution in [0.15, 0.2) is 53.9 Å². The van der Waals surface area contributed by atoms with E-state index in [-0.39, 0.29) is 33.5 Å². The van der Waals surface area contributed by atoms with Crippen molar-refractivity contribution in [3.63, 3.8) is 0 Å². The van der Waals surface area contributed by atoms with Gasteiger partial charge in [-0.15, -0.1) is 0 Å². The van der Waals surface area contributed by atoms with Gasteiger partial charge < -0.3 is 0 Å². The van der Waals surface area contributed by atoms with Crippen LogP contribution in [0.2, 0.25) is 0 Å². The number of aromatic nitrogens is 6. The molecule has 4 aromatic rings. The Hall–Kier alpha value is -3.41. The van der Waals surface area contributed by atoms with Crippen LogP contribution in [0.1, 0.15) is 12.6 Å². The lowest BCUT2D eigenvalue weighted by molar-refractivity contribution is -0.141. The zero-order chi connectivity index (χ0) is 21.5. The van der Waals surface area contributed by atoms with Gasteiger partial charge in [-0.2, -0.15) is 18.3 Å². The first-order chi connectivity index (χ1) is 14.2. The fourth-order valence-electron chi connectivity index (χ4n) is 2.75. The Labute approximate surface area is 168 Å². The van der Waals surface area contributed by atoms with Crippen molar-refractivity contribution in [2.75, 3.05) is 5.75 Å². The standard InChI is InChI=1S/C18H13F3N6O2S/c1-2-30(28,29)13-8-11(17-22-5-3-6-23-17)10-24-16(13)12-4-7-27-15(25-12)9-14(26-27)18(19,20)21/h3-10H,2H2,1H3. The molecule has 8 nitrogen and oxygen atoms in total. The lowest BCUT2D eigenvalue weighted by Gasteiger charge is -2.10. The molecule has 0 aliphatic carbocycles. The fourth-order valence-corrected chi connectivity index (χ4v) is 3.82. The van der Waals surface area contributed by atoms with Crippen LogP contribution < -0.4 is 0 Å². The summed E-state index contributed by atoms with van der Waals surface area (Å²) in [6.07, 6.45) is 1.06. The minimum atomic E-state index is -4.62. The third kappa shape index (κ3) is 3.61. The van der Waals surface area contributed by atoms with E-state index >= 15 is 0 Å². The first-order valence-electron chi connectivity index (χ1n) is 8.63. The van der Waals surface area contributed by atoms with E-state index in [4.69, 9.17) is 0 Å². The molecule has 0 bridgehead atoms. The van der Waals surface area contributed by atoms with Crippen molar-refractivity contribution >= 4 is 15.5 Å². The van der Waals surface area contributed by atoms with Gasteiger partial charge >= 0.3 is 6.18 Å². The molecule has 12 heteroatoms. The molecule has 0 saturated heterocycles. The van der Waals surface area contributed by atoms with Gasteiger partial charge in [-0.3, -0.25) is 4.98 Å². The van der Waals surface area contributed by atoms with Gasteiger partial charge in [0.25, 0.3) is 0 Å². The maximum Gasteiger partial charge on any atom is 0.435 e. The van der Waals surface area contributed by atoms with Crippen LogP contribution in [0.3, 0.4) is 0 Å². The van der Waals surface area contributed by atoms with E-state index in [0.29, 0.717) is 5.56 Å². The van der Waals surface area contributed by atoms with E-state index in [2.05, 4.69) is 25.0 Å². The maximum absolute atomic E-state index is 12.9. The lowest BCUT2D eigenvalue weighted by Crippen LogP contribution is -2.08. The van der Waals surface area contributed by atoms with Crippen LogP contribution in [0.4, 0.5) is 13.2 Å². The van der Waals surface area contributed by atoms with Crippen LogP contribution in [0.5, 0.6) is 0 Å². The quantitative estimate of drug-likeness (QED) is 0.486. The molecular formula is C18H13F3N6O2S. The first-order valence-corrected chi connectivity index (χ1v) is 10.3. The smallest absolute Gasteiger partial charge is 0.252 e. The van der Waals surface area contributed by atoms with Gasteiger partial charge in [0, 0.05) is 36.4 Å². The summed E-state index contributed by atoms with van der Waals surface area (Å²) in [6, 6.07) is 5.15. The van der Waals surface area contributed by atoms with Gasteiger partial charge in [0.05, 0.1) is 16.3 Å². The number of halogens is 3. The summed E-state index contributed by atoms with van der Waals surface area (Å²) in [7, 11) is -3.74. The zero-order valence-corrected chi connectivity index (χ0v) is 16.2. The predicted molar refractivity (Wildman–Crippen MR) is 100.0 cm³/mol. The molecule has 4 heterocycles. The summed E-state index contributed by atoms with van der Waals surface area (Å²) in [5.74, 6) is 0.0895. The highest BCUT2D eigenvalue weighted by atomic mass is 32.2. The third-order valence-electron chi connectivity index (χ3n) is 4.25. The summed E-state index contributed by atoms with van der Waals surface area (Å²) in [5.41, 5.74) is -0.677. The molecule has 0 aliphatic rings. The van der Waals surface area contributed by atoms with Crippen LogP contribution in [-0.4, -0.2) is 43.7 Å². The molecule has 0 aliphatic heterocycles. The van der Waals surface area contributed by atoms with E-state index in [1.165, 1.54) is 43.8 Å². The average molecular weight is 434 g/mol. The summed E-state index contributed by atoms with van der Waals surface area (Å²) in [5, 5.41) is 3.43. The molecule has 0 spiro atoms. The number of fused-ring (bicyclic) bond motifs is 1. The van der Waals surface area contributed by atoms with Crippen molar-refractivity contribution in [3.8, 4) is 22.8 Å². The Balaban J connectivity index is 1.89. The monoisotopic (exact) mass is 434 g/mol. The Kier molecular flexibility index (Phi) is 4.73. The topological polar surface area (TPSA) is 103 Å². The van der Waals surface area contributed by atoms with Gasteiger partial charge in [0.1, 0.15) is 5.69 Å². The normalized spacial score (nSPS) is 12.4. The second-order valence-corrected chi connectivity index (χ2v) is 8.44. The number of sulfone groups is 1. The largest absolute Gasteiger partial charge is 0.435 e. The maximum atomic E-state index is 12.9. The van der Waals surface area contributed by atoms with Crippen LogP contribution in [-0.2, 0) is 16.0 Å². The summed E-state index contributed by atoms with van der Waals surface area (Å²) in [4.78, 5) is 16.4. The summed E-state index contributed by atoms with van der Waals surface area (Å²) < 4.78 is 65.1. The lowest BCUT2D eigenvalue weighted by atomic mass is 10.2. The minimum absolute atomic E-state index is 0.0220. The SMILES string of the molecule is CCS(=O)(=O)c1cc(-c2ncccn2)cnc1-c1ccn2nc(C(F)(F)F)cc2n1. The molecule has 0 amide bonds. The van der Waals surface area contributed by atoms with Crippen molar-refractivity contribution in [1.29, 1.82) is 0 Å². The van der Waals surface area contributed by atoms with E-state index < -0.39 is 21.7 Å². The minimum Gasteiger partial charge on any atom is -0.252 e. The van der Waals surface area contributed by atoms with Crippen molar-refractivity contribution in [2.45, 2.75) is 18.0 Å². The number of hydrogen-bond acceptors (Lipinski definition) is 7. The Morgan fingerprint density at radius 2 is 1.83 bits per heavy atom. The molecule has 0 fully saturated rings. The van der Waals surface area contributed by atoms with Gasteiger partial charge in [0.15, 0.2) is 27.0 Å². The first kappa shape index (κ1) is 19.9. The van der Waals surface area contributed by atoms with E-state index in [9.17, 15) is 21.6 Å². The zero-order valence-electron chi connectivity index (χ0n) is 15.4. The molecule has 30 heavy (non-hydrogen) atoms. The van der Waals surface area contributed by atoms with Gasteiger partial charge in [-0.1, -0.05) is 6.92 Å². The molecule has 0 radical (unpaired) electrons. The number of pyridine rings is 1. The molecule has 154 valence electrons. The summed E-state index contributed by atoms with van der Waals surface area (Å²) in [6.45, 7) is 1.48. The second kappa shape index (κ2) is 7.13. The highest BCUT2D eigenvalue weighted by Gasteiger charge is 2.34. The molecule has 0 N–H and O–H groups in total. The van der Waals surface area contributed by atoms with Crippen LogP contribution in [0, 0.1) is 0 Å². The average Bonchev–Trinajstić information content (AvgIpc) is 3.18. The summed E-state index contributed by atoms with van der Waals surface area (Å²) >= 11 is 0. The number of hydrogen-bond donors (Lipinski definition) is 0. The molecule has 0 unspecified atom stereocenters. The third-order valence-corrected chi connectivity index (χ3v) is 5.99. The van der Waals surface area contributed by atoms with E-state index in [1.54, 1.807) is 6.07 Å². The molecule has 0 saturated carbocycles. The molecular weight excluding hydrogens is 421 g/mol. The Morgan fingerprint density at radius 3 is 2.50 bits per heavy atom. The molecule has 0 aromatic carbocycles. The highest BCUT2D eigenvalue weighted by Crippen LogP contribution is 2.31. The number of nitrogens with zero attached hydrogens (tertiary/aromatic N) is 6. The van der Waals surface area contributed by atoms with Crippen molar-refractivity contribution < 1.29 is 21.6 Å². The van der Waals surface area contributed by atoms with Crippen molar-refractivity contribution in [3.05, 3.63) is 54.7 Å². The Morgan fingerprint density at radius 1 is 1.10 bits per heavy atom. The van der Waals surface area contributed by atoms with E-state index in [0.717, 1.165) is 10.6 Å². The van der Waals surface area contributed by atoms with Crippen LogP contribution in [0.25, 0.3) is 28.4 Å². The second-order valence-electron chi connectivity index (χ2n) is 6.19. The van der Waals surface area contributed by atoms with Crippen molar-refractivity contribution in [1.82, 2.24) is 29.5 Å². The van der Waals surface area contributed by atoms with Crippen LogP contribution >= 0.6 is 0 Å². The van der Waals surface area contributed by atoms with Gasteiger partial charge in [0.2, 0.25) is 0 Å². The van der Waals surface area contributed by atoms with Gasteiger partial charge in [-0.05, 0) is 18.2 Å². The van der Waals surface area contributed by atoms with Gasteiger partial charge in [-0.25, -0.2) is 27.9 Å². The van der Waals surface area contributed by atoms with E-state index in [1.807, 2.05) is 0 Å². The molecule has 0 atom stereocenters. The Bertz CT molecular complexity index is 1340. The number of rotatable bonds is 4. The molecule has 4 rings (SSSR count). The molecule has 4 aromatic heterocycles. The predicted octanol–water partition coefficient (Wildman–Crippen LogP) is 3.06. The fraction of sp³-hybridized carbons (Fsp3) is 0.167. The van der Waals surface area contributed by atoms with Crippen molar-refractivity contribution in [2.24, 2.45) is 0 Å². The highest BCUT2D eigenvalue weighted by molar-refractivity contribution is 7.91.